The van der Waals surface area contributed by atoms with Gasteiger partial charge in [0.05, 0.1) is 12.7 Å². The van der Waals surface area contributed by atoms with Gasteiger partial charge in [-0.2, -0.15) is 0 Å². The van der Waals surface area contributed by atoms with E-state index in [2.05, 4.69) is 29.0 Å². The highest BCUT2D eigenvalue weighted by Crippen LogP contribution is 2.20. The van der Waals surface area contributed by atoms with Crippen LogP contribution in [-0.2, 0) is 9.53 Å². The summed E-state index contributed by atoms with van der Waals surface area (Å²) in [4.78, 5) is 23.4. The fraction of sp³-hybridized carbons (Fsp3) is 0.0909. The quantitative estimate of drug-likeness (QED) is 0.380. The lowest BCUT2D eigenvalue weighted by Crippen LogP contribution is -2.16. The summed E-state index contributed by atoms with van der Waals surface area (Å²) in [5.74, 6) is -1.28. The van der Waals surface area contributed by atoms with E-state index in [0.717, 1.165) is 5.56 Å². The van der Waals surface area contributed by atoms with Gasteiger partial charge in [0.25, 0.3) is 5.78 Å². The van der Waals surface area contributed by atoms with E-state index in [0.29, 0.717) is 5.75 Å². The van der Waals surface area contributed by atoms with Crippen LogP contribution in [0.25, 0.3) is 16.8 Å². The maximum absolute atomic E-state index is 12.0. The molecule has 0 aliphatic rings. The first kappa shape index (κ1) is 17.4. The average molecular weight is 346 g/mol. The summed E-state index contributed by atoms with van der Waals surface area (Å²) >= 11 is 0. The highest BCUT2D eigenvalue weighted by molar-refractivity contribution is 6.41. The van der Waals surface area contributed by atoms with Crippen LogP contribution in [0, 0.1) is 0 Å². The number of ketones is 1. The van der Waals surface area contributed by atoms with E-state index >= 15 is 0 Å². The van der Waals surface area contributed by atoms with Crippen molar-refractivity contribution in [1.29, 1.82) is 0 Å². The van der Waals surface area contributed by atoms with Gasteiger partial charge in [0, 0.05) is 0 Å². The van der Waals surface area contributed by atoms with Crippen LogP contribution >= 0.6 is 0 Å². The fourth-order valence-corrected chi connectivity index (χ4v) is 2.62. The molecule has 0 saturated carbocycles. The number of para-hydroxylation sites is 1. The van der Waals surface area contributed by atoms with Gasteiger partial charge in [-0.25, -0.2) is 4.79 Å². The second kappa shape index (κ2) is 8.12. The number of Topliss-reactive ketones (excluding diaryl/α,β-unsaturated/α-hetero) is 1. The first-order valence-electron chi connectivity index (χ1n) is 8.19. The number of methoxy groups -OCH3 is 1. The molecule has 4 heteroatoms. The van der Waals surface area contributed by atoms with E-state index in [1.165, 1.54) is 17.9 Å². The lowest BCUT2D eigenvalue weighted by Gasteiger charge is -2.08. The molecule has 3 aromatic carbocycles. The predicted octanol–water partition coefficient (Wildman–Crippen LogP) is 4.29. The summed E-state index contributed by atoms with van der Waals surface area (Å²) in [7, 11) is 1.18. The standard InChI is InChI=1S/C22H18O4/c1-25-22(24)21(23)19-10-4-5-11-20(19)26-14-6-7-16-12-13-17-8-2-3-9-18(17)15-16/h2-13,15H,14H2,1H3. The van der Waals surface area contributed by atoms with Crippen LogP contribution in [0.15, 0.2) is 72.8 Å². The Morgan fingerprint density at radius 3 is 2.46 bits per heavy atom. The summed E-state index contributed by atoms with van der Waals surface area (Å²) < 4.78 is 10.1. The van der Waals surface area contributed by atoms with Gasteiger partial charge in [-0.05, 0) is 40.6 Å². The Morgan fingerprint density at radius 2 is 1.65 bits per heavy atom. The molecule has 0 unspecified atom stereocenters. The van der Waals surface area contributed by atoms with E-state index in [1.54, 1.807) is 24.3 Å². The number of rotatable bonds is 6. The van der Waals surface area contributed by atoms with E-state index in [9.17, 15) is 9.59 Å². The molecule has 0 N–H and O–H groups in total. The number of hydrogen-bond acceptors (Lipinski definition) is 4. The van der Waals surface area contributed by atoms with Gasteiger partial charge in [-0.15, -0.1) is 0 Å². The summed E-state index contributed by atoms with van der Waals surface area (Å²) in [5, 5.41) is 2.36. The molecule has 0 atom stereocenters. The summed E-state index contributed by atoms with van der Waals surface area (Å²) in [6.07, 6.45) is 3.82. The summed E-state index contributed by atoms with van der Waals surface area (Å²) in [5.41, 5.74) is 1.25. The number of fused-ring (bicyclic) bond motifs is 1. The minimum Gasteiger partial charge on any atom is -0.489 e. The van der Waals surface area contributed by atoms with Gasteiger partial charge in [0.15, 0.2) is 0 Å². The van der Waals surface area contributed by atoms with Gasteiger partial charge < -0.3 is 9.47 Å². The molecule has 26 heavy (non-hydrogen) atoms. The van der Waals surface area contributed by atoms with Gasteiger partial charge in [0.1, 0.15) is 12.4 Å². The van der Waals surface area contributed by atoms with Crippen molar-refractivity contribution in [1.82, 2.24) is 0 Å². The molecule has 0 radical (unpaired) electrons. The highest BCUT2D eigenvalue weighted by Gasteiger charge is 2.20. The number of carbonyl (C=O) groups excluding carboxylic acids is 2. The molecule has 0 aliphatic heterocycles. The second-order valence-corrected chi connectivity index (χ2v) is 5.64. The average Bonchev–Trinajstić information content (AvgIpc) is 2.70. The molecule has 3 rings (SSSR count). The third kappa shape index (κ3) is 3.98. The van der Waals surface area contributed by atoms with E-state index in [1.807, 2.05) is 30.4 Å². The summed E-state index contributed by atoms with van der Waals surface area (Å²) in [6, 6.07) is 21.0. The largest absolute Gasteiger partial charge is 0.489 e. The van der Waals surface area contributed by atoms with Crippen molar-refractivity contribution in [2.75, 3.05) is 13.7 Å². The molecule has 0 aliphatic carbocycles. The Morgan fingerprint density at radius 1 is 0.923 bits per heavy atom. The lowest BCUT2D eigenvalue weighted by atomic mass is 10.1. The number of esters is 1. The summed E-state index contributed by atoms with van der Waals surface area (Å²) in [6.45, 7) is 0.276. The molecule has 0 bridgehead atoms. The van der Waals surface area contributed by atoms with E-state index in [-0.39, 0.29) is 12.2 Å². The van der Waals surface area contributed by atoms with Crippen molar-refractivity contribution in [2.45, 2.75) is 0 Å². The van der Waals surface area contributed by atoms with Crippen LogP contribution in [0.2, 0.25) is 0 Å². The third-order valence-electron chi connectivity index (χ3n) is 3.92. The number of carbonyl (C=O) groups is 2. The van der Waals surface area contributed by atoms with Crippen molar-refractivity contribution < 1.29 is 19.1 Å². The zero-order valence-corrected chi connectivity index (χ0v) is 14.3. The van der Waals surface area contributed by atoms with Crippen LogP contribution in [0.1, 0.15) is 15.9 Å². The van der Waals surface area contributed by atoms with Crippen LogP contribution < -0.4 is 4.74 Å². The van der Waals surface area contributed by atoms with Crippen molar-refractivity contribution >= 4 is 28.6 Å². The molecule has 3 aromatic rings. The highest BCUT2D eigenvalue weighted by atomic mass is 16.5. The van der Waals surface area contributed by atoms with Crippen molar-refractivity contribution in [3.05, 3.63) is 83.9 Å². The third-order valence-corrected chi connectivity index (χ3v) is 3.92. The van der Waals surface area contributed by atoms with Crippen molar-refractivity contribution in [2.24, 2.45) is 0 Å². The lowest BCUT2D eigenvalue weighted by molar-refractivity contribution is -0.135. The molecule has 0 aromatic heterocycles. The number of hydrogen-bond donors (Lipinski definition) is 0. The van der Waals surface area contributed by atoms with Crippen molar-refractivity contribution in [3.8, 4) is 5.75 Å². The Hall–Kier alpha value is -3.40. The van der Waals surface area contributed by atoms with Gasteiger partial charge in [-0.1, -0.05) is 54.6 Å². The van der Waals surface area contributed by atoms with Crippen LogP contribution in [0.5, 0.6) is 5.75 Å². The molecule has 0 spiro atoms. The molecule has 130 valence electrons. The molecule has 4 nitrogen and oxygen atoms in total. The monoisotopic (exact) mass is 346 g/mol. The molecule has 0 fully saturated rings. The number of benzene rings is 3. The van der Waals surface area contributed by atoms with E-state index < -0.39 is 11.8 Å². The Balaban J connectivity index is 1.68. The van der Waals surface area contributed by atoms with Crippen molar-refractivity contribution in [3.63, 3.8) is 0 Å². The fourth-order valence-electron chi connectivity index (χ4n) is 2.62. The molecular weight excluding hydrogens is 328 g/mol. The van der Waals surface area contributed by atoms with Crippen LogP contribution in [-0.4, -0.2) is 25.5 Å². The Kier molecular flexibility index (Phi) is 5.44. The topological polar surface area (TPSA) is 52.6 Å². The SMILES string of the molecule is COC(=O)C(=O)c1ccccc1OCC=Cc1ccc2ccccc2c1. The maximum atomic E-state index is 12.0. The van der Waals surface area contributed by atoms with Crippen LogP contribution in [0.4, 0.5) is 0 Å². The van der Waals surface area contributed by atoms with Gasteiger partial charge >= 0.3 is 5.97 Å². The van der Waals surface area contributed by atoms with E-state index in [4.69, 9.17) is 4.74 Å². The first-order chi connectivity index (χ1) is 12.7. The molecule has 0 heterocycles. The zero-order chi connectivity index (χ0) is 18.4. The Labute approximate surface area is 151 Å². The Bertz CT molecular complexity index is 973. The maximum Gasteiger partial charge on any atom is 0.379 e. The minimum absolute atomic E-state index is 0.193. The zero-order valence-electron chi connectivity index (χ0n) is 14.3. The molecule has 0 saturated heterocycles. The molecular formula is C22H18O4. The smallest absolute Gasteiger partial charge is 0.379 e. The second-order valence-electron chi connectivity index (χ2n) is 5.64. The first-order valence-corrected chi connectivity index (χ1v) is 8.19. The predicted molar refractivity (Wildman–Crippen MR) is 101 cm³/mol. The molecule has 0 amide bonds. The number of ether oxygens (including phenoxy) is 2. The minimum atomic E-state index is -0.909. The normalized spacial score (nSPS) is 10.8. The van der Waals surface area contributed by atoms with Gasteiger partial charge in [-0.3, -0.25) is 4.79 Å². The van der Waals surface area contributed by atoms with Gasteiger partial charge in [0.2, 0.25) is 0 Å². The van der Waals surface area contributed by atoms with Crippen LogP contribution in [0.3, 0.4) is 0 Å².